The van der Waals surface area contributed by atoms with E-state index in [1.165, 1.54) is 55.1 Å². The predicted octanol–water partition coefficient (Wildman–Crippen LogP) is 11.7. The van der Waals surface area contributed by atoms with Gasteiger partial charge in [0.1, 0.15) is 0 Å². The molecule has 0 radical (unpaired) electrons. The second-order valence-corrected chi connectivity index (χ2v) is 14.4. The van der Waals surface area contributed by atoms with E-state index in [1.807, 2.05) is 36.4 Å². The average Bonchev–Trinajstić information content (AvgIpc) is 3.82. The van der Waals surface area contributed by atoms with Crippen LogP contribution in [0.5, 0.6) is 0 Å². The van der Waals surface area contributed by atoms with E-state index in [0.29, 0.717) is 17.6 Å². The van der Waals surface area contributed by atoms with Crippen molar-refractivity contribution >= 4 is 43.6 Å². The van der Waals surface area contributed by atoms with Crippen molar-refractivity contribution in [2.45, 2.75) is 19.3 Å². The van der Waals surface area contributed by atoms with Gasteiger partial charge in [-0.15, -0.1) is 0 Å². The number of para-hydroxylation sites is 2. The van der Waals surface area contributed by atoms with Crippen LogP contribution in [0.2, 0.25) is 0 Å². The minimum absolute atomic E-state index is 0.186. The van der Waals surface area contributed by atoms with E-state index in [0.717, 1.165) is 27.5 Å². The van der Waals surface area contributed by atoms with Gasteiger partial charge < -0.3 is 4.57 Å². The Morgan fingerprint density at radius 3 is 1.74 bits per heavy atom. The Kier molecular flexibility index (Phi) is 6.23. The maximum absolute atomic E-state index is 5.20. The van der Waals surface area contributed by atoms with Gasteiger partial charge >= 0.3 is 0 Å². The largest absolute Gasteiger partial charge is 0.308 e. The lowest BCUT2D eigenvalue weighted by Gasteiger charge is -2.25. The summed E-state index contributed by atoms with van der Waals surface area (Å²) in [7, 11) is 0. The first-order valence-electron chi connectivity index (χ1n) is 18.1. The van der Waals surface area contributed by atoms with Crippen molar-refractivity contribution in [3.05, 3.63) is 175 Å². The molecule has 7 aromatic carbocycles. The highest BCUT2D eigenvalue weighted by Gasteiger charge is 2.38. The van der Waals surface area contributed by atoms with Crippen molar-refractivity contribution in [3.63, 3.8) is 0 Å². The van der Waals surface area contributed by atoms with E-state index in [2.05, 4.69) is 150 Å². The fraction of sp³-hybridized carbons (Fsp3) is 0.0625. The smallest absolute Gasteiger partial charge is 0.238 e. The fourth-order valence-electron chi connectivity index (χ4n) is 8.88. The number of fused-ring (bicyclic) bond motifs is 10. The molecule has 5 heteroatoms. The van der Waals surface area contributed by atoms with Crippen LogP contribution in [0.4, 0.5) is 0 Å². The predicted molar refractivity (Wildman–Crippen MR) is 217 cm³/mol. The lowest BCUT2D eigenvalue weighted by Crippen LogP contribution is -2.18. The van der Waals surface area contributed by atoms with E-state index in [4.69, 9.17) is 15.0 Å². The van der Waals surface area contributed by atoms with E-state index in [-0.39, 0.29) is 5.41 Å². The Morgan fingerprint density at radius 2 is 1.02 bits per heavy atom. The lowest BCUT2D eigenvalue weighted by atomic mass is 9.81. The molecule has 10 aromatic rings. The highest BCUT2D eigenvalue weighted by molar-refractivity contribution is 6.26. The number of aromatic nitrogens is 5. The SMILES string of the molecule is CC1(C)c2ccccc2-c2cccc(-n3c4ccccc4c4ccc5c(c6ccccc6n5-c5nc(-c6ccccc6)nc(-c6ccccc6)n5)c43)c21. The zero-order valence-corrected chi connectivity index (χ0v) is 29.3. The molecule has 250 valence electrons. The molecule has 1 aliphatic carbocycles. The van der Waals surface area contributed by atoms with Gasteiger partial charge in [0.15, 0.2) is 11.6 Å². The monoisotopic (exact) mass is 679 g/mol. The summed E-state index contributed by atoms with van der Waals surface area (Å²) < 4.78 is 4.75. The molecule has 0 fully saturated rings. The van der Waals surface area contributed by atoms with Gasteiger partial charge in [0.25, 0.3) is 0 Å². The van der Waals surface area contributed by atoms with Crippen LogP contribution in [0.15, 0.2) is 164 Å². The highest BCUT2D eigenvalue weighted by atomic mass is 15.2. The first-order valence-corrected chi connectivity index (χ1v) is 18.1. The van der Waals surface area contributed by atoms with E-state index in [9.17, 15) is 0 Å². The number of hydrogen-bond acceptors (Lipinski definition) is 3. The molecule has 0 spiro atoms. The molecule has 0 saturated carbocycles. The van der Waals surface area contributed by atoms with Gasteiger partial charge in [-0.2, -0.15) is 9.97 Å². The van der Waals surface area contributed by atoms with Gasteiger partial charge in [-0.3, -0.25) is 4.57 Å². The molecule has 0 saturated heterocycles. The molecule has 3 heterocycles. The molecule has 0 bridgehead atoms. The van der Waals surface area contributed by atoms with Crippen molar-refractivity contribution in [2.24, 2.45) is 0 Å². The van der Waals surface area contributed by atoms with Crippen molar-refractivity contribution < 1.29 is 0 Å². The van der Waals surface area contributed by atoms with Gasteiger partial charge in [-0.1, -0.05) is 153 Å². The molecule has 11 rings (SSSR count). The summed E-state index contributed by atoms with van der Waals surface area (Å²) in [5.41, 5.74) is 12.7. The summed E-state index contributed by atoms with van der Waals surface area (Å²) in [5.74, 6) is 1.86. The molecule has 0 amide bonds. The first kappa shape index (κ1) is 29.8. The van der Waals surface area contributed by atoms with Crippen LogP contribution in [0, 0.1) is 0 Å². The quantitative estimate of drug-likeness (QED) is 0.186. The molecule has 0 aliphatic heterocycles. The summed E-state index contributed by atoms with van der Waals surface area (Å²) in [6, 6.07) is 58.1. The second-order valence-electron chi connectivity index (χ2n) is 14.4. The van der Waals surface area contributed by atoms with Crippen molar-refractivity contribution in [1.82, 2.24) is 24.1 Å². The highest BCUT2D eigenvalue weighted by Crippen LogP contribution is 2.52. The third-order valence-corrected chi connectivity index (χ3v) is 11.2. The molecule has 53 heavy (non-hydrogen) atoms. The van der Waals surface area contributed by atoms with Crippen molar-refractivity contribution in [2.75, 3.05) is 0 Å². The maximum atomic E-state index is 5.20. The van der Waals surface area contributed by atoms with Gasteiger partial charge in [-0.25, -0.2) is 4.98 Å². The van der Waals surface area contributed by atoms with Crippen LogP contribution in [-0.4, -0.2) is 24.1 Å². The van der Waals surface area contributed by atoms with Crippen LogP contribution in [-0.2, 0) is 5.41 Å². The molecule has 0 atom stereocenters. The summed E-state index contributed by atoms with van der Waals surface area (Å²) in [6.07, 6.45) is 0. The summed E-state index contributed by atoms with van der Waals surface area (Å²) >= 11 is 0. The van der Waals surface area contributed by atoms with Crippen LogP contribution in [0.25, 0.3) is 89.2 Å². The standard InChI is InChI=1S/C48H33N5/c1-48(2)37-24-12-9-20-32(37)34-23-15-27-41(43(34)48)52-38-25-13-10-21-33(38)35-28-29-40-42(44(35)52)36-22-11-14-26-39(36)53(40)47-50-45(30-16-5-3-6-17-30)49-46(51-47)31-18-7-4-8-19-31/h3-29H,1-2H3. The Morgan fingerprint density at radius 1 is 0.434 bits per heavy atom. The molecule has 5 nitrogen and oxygen atoms in total. The Bertz CT molecular complexity index is 3020. The summed E-state index contributed by atoms with van der Waals surface area (Å²) in [5, 5.41) is 4.76. The zero-order valence-electron chi connectivity index (χ0n) is 29.3. The van der Waals surface area contributed by atoms with Crippen LogP contribution in [0.1, 0.15) is 25.0 Å². The van der Waals surface area contributed by atoms with Gasteiger partial charge in [-0.05, 0) is 46.5 Å². The number of hydrogen-bond donors (Lipinski definition) is 0. The molecule has 0 N–H and O–H groups in total. The minimum Gasteiger partial charge on any atom is -0.308 e. The number of benzene rings is 7. The maximum Gasteiger partial charge on any atom is 0.238 e. The van der Waals surface area contributed by atoms with E-state index in [1.54, 1.807) is 0 Å². The molecule has 3 aromatic heterocycles. The normalized spacial score (nSPS) is 13.2. The Balaban J connectivity index is 1.27. The van der Waals surface area contributed by atoms with E-state index < -0.39 is 0 Å². The average molecular weight is 680 g/mol. The van der Waals surface area contributed by atoms with Crippen LogP contribution >= 0.6 is 0 Å². The van der Waals surface area contributed by atoms with Crippen LogP contribution in [0.3, 0.4) is 0 Å². The fourth-order valence-corrected chi connectivity index (χ4v) is 8.88. The summed E-state index contributed by atoms with van der Waals surface area (Å²) in [4.78, 5) is 15.4. The first-order chi connectivity index (χ1) is 26.1. The topological polar surface area (TPSA) is 48.5 Å². The number of nitrogens with zero attached hydrogens (tertiary/aromatic N) is 5. The van der Waals surface area contributed by atoms with E-state index >= 15 is 0 Å². The molecular formula is C48H33N5. The van der Waals surface area contributed by atoms with Gasteiger partial charge in [0, 0.05) is 38.1 Å². The molecule has 1 aliphatic rings. The third kappa shape index (κ3) is 4.22. The third-order valence-electron chi connectivity index (χ3n) is 11.2. The van der Waals surface area contributed by atoms with Gasteiger partial charge in [0.2, 0.25) is 5.95 Å². The van der Waals surface area contributed by atoms with Gasteiger partial charge in [0.05, 0.1) is 27.8 Å². The van der Waals surface area contributed by atoms with Crippen molar-refractivity contribution in [1.29, 1.82) is 0 Å². The second kappa shape index (κ2) is 11.1. The Labute approximate surface area is 306 Å². The summed E-state index contributed by atoms with van der Waals surface area (Å²) in [6.45, 7) is 4.73. The molecule has 0 unspecified atom stereocenters. The minimum atomic E-state index is -0.186. The number of rotatable bonds is 4. The zero-order chi connectivity index (χ0) is 35.3. The van der Waals surface area contributed by atoms with Crippen molar-refractivity contribution in [3.8, 4) is 45.5 Å². The molecular weight excluding hydrogens is 647 g/mol. The lowest BCUT2D eigenvalue weighted by molar-refractivity contribution is 0.656. The Hall–Kier alpha value is -6.85. The van der Waals surface area contributed by atoms with Crippen LogP contribution < -0.4 is 0 Å².